The highest BCUT2D eigenvalue weighted by Crippen LogP contribution is 2.42. The summed E-state index contributed by atoms with van der Waals surface area (Å²) < 4.78 is 5.58. The van der Waals surface area contributed by atoms with Crippen LogP contribution in [0.3, 0.4) is 0 Å². The van der Waals surface area contributed by atoms with Gasteiger partial charge in [0, 0.05) is 28.4 Å². The molecule has 2 unspecified atom stereocenters. The van der Waals surface area contributed by atoms with E-state index in [-0.39, 0.29) is 12.2 Å². The summed E-state index contributed by atoms with van der Waals surface area (Å²) in [7, 11) is -0.355. The second kappa shape index (κ2) is 9.90. The molecule has 0 aliphatic carbocycles. The Bertz CT molecular complexity index is 742. The Balaban J connectivity index is 2.02. The monoisotopic (exact) mass is 405 g/mol. The number of nitrogens with one attached hydrogen (secondary N) is 1. The third-order valence-electron chi connectivity index (χ3n) is 4.92. The average molecular weight is 406 g/mol. The van der Waals surface area contributed by atoms with Crippen LogP contribution in [-0.2, 0) is 6.16 Å². The standard InChI is InChI=1S/C21H28NO3PS/c1-3-4-10-17-14-27-20-11-16(13-26(23)24)19(25-2)12-18(20)21(22-17)15-8-6-5-7-9-15/h5-9,11-12,17,21-24H,3-4,10,13-14H2,1-2H3. The molecule has 1 aliphatic rings. The topological polar surface area (TPSA) is 61.7 Å². The number of hydrogen-bond donors (Lipinski definition) is 3. The third-order valence-corrected chi connectivity index (χ3v) is 6.77. The molecule has 2 aromatic carbocycles. The average Bonchev–Trinajstić information content (AvgIpc) is 2.85. The number of unbranched alkanes of at least 4 members (excludes halogenated alkanes) is 1. The van der Waals surface area contributed by atoms with Crippen molar-refractivity contribution in [1.82, 2.24) is 5.32 Å². The Morgan fingerprint density at radius 1 is 1.22 bits per heavy atom. The van der Waals surface area contributed by atoms with E-state index in [9.17, 15) is 9.79 Å². The Morgan fingerprint density at radius 3 is 2.67 bits per heavy atom. The van der Waals surface area contributed by atoms with Crippen molar-refractivity contribution in [2.45, 2.75) is 49.3 Å². The maximum Gasteiger partial charge on any atom is 0.169 e. The smallest absolute Gasteiger partial charge is 0.169 e. The van der Waals surface area contributed by atoms with Gasteiger partial charge in [-0.1, -0.05) is 50.1 Å². The summed E-state index contributed by atoms with van der Waals surface area (Å²) >= 11 is 1.85. The lowest BCUT2D eigenvalue weighted by Gasteiger charge is -2.24. The van der Waals surface area contributed by atoms with Crippen molar-refractivity contribution in [1.29, 1.82) is 0 Å². The van der Waals surface area contributed by atoms with Crippen molar-refractivity contribution < 1.29 is 14.5 Å². The van der Waals surface area contributed by atoms with Crippen LogP contribution in [0.1, 0.15) is 48.9 Å². The Morgan fingerprint density at radius 2 is 2.00 bits per heavy atom. The Hall–Kier alpha value is -1.10. The van der Waals surface area contributed by atoms with Gasteiger partial charge in [-0.2, -0.15) is 0 Å². The molecule has 146 valence electrons. The van der Waals surface area contributed by atoms with Crippen LogP contribution in [0.25, 0.3) is 0 Å². The van der Waals surface area contributed by atoms with Crippen LogP contribution in [0.4, 0.5) is 0 Å². The van der Waals surface area contributed by atoms with E-state index in [0.717, 1.165) is 23.5 Å². The second-order valence-corrected chi connectivity index (χ2v) is 9.02. The minimum atomic E-state index is -2.00. The van der Waals surface area contributed by atoms with E-state index < -0.39 is 8.38 Å². The molecular formula is C21H28NO3PS. The largest absolute Gasteiger partial charge is 0.496 e. The zero-order valence-electron chi connectivity index (χ0n) is 15.9. The molecule has 0 saturated heterocycles. The van der Waals surface area contributed by atoms with Crippen LogP contribution in [0.2, 0.25) is 0 Å². The second-order valence-electron chi connectivity index (χ2n) is 6.89. The van der Waals surface area contributed by atoms with Gasteiger partial charge in [0.05, 0.1) is 13.2 Å². The van der Waals surface area contributed by atoms with E-state index >= 15 is 0 Å². The first-order valence-electron chi connectivity index (χ1n) is 9.42. The lowest BCUT2D eigenvalue weighted by Crippen LogP contribution is -2.34. The molecule has 0 radical (unpaired) electrons. The van der Waals surface area contributed by atoms with Crippen molar-refractivity contribution in [2.24, 2.45) is 0 Å². The summed E-state index contributed by atoms with van der Waals surface area (Å²) in [5.41, 5.74) is 3.30. The molecule has 0 amide bonds. The SMILES string of the molecule is CCCCC1CSc2cc(CP(O)O)c(OC)cc2C(c2ccccc2)N1. The van der Waals surface area contributed by atoms with E-state index in [1.54, 1.807) is 7.11 Å². The Kier molecular flexibility index (Phi) is 7.57. The number of fused-ring (bicyclic) bond motifs is 1. The van der Waals surface area contributed by atoms with Crippen molar-refractivity contribution in [3.8, 4) is 5.75 Å². The highest BCUT2D eigenvalue weighted by Gasteiger charge is 2.27. The summed E-state index contributed by atoms with van der Waals surface area (Å²) in [6.07, 6.45) is 3.79. The molecule has 2 aromatic rings. The van der Waals surface area contributed by atoms with Crippen LogP contribution in [0.5, 0.6) is 5.75 Å². The number of thioether (sulfide) groups is 1. The van der Waals surface area contributed by atoms with Crippen molar-refractivity contribution >= 4 is 20.1 Å². The van der Waals surface area contributed by atoms with Gasteiger partial charge in [0.15, 0.2) is 8.38 Å². The molecule has 0 aromatic heterocycles. The molecule has 3 rings (SSSR count). The van der Waals surface area contributed by atoms with E-state index in [4.69, 9.17) is 4.74 Å². The molecule has 0 spiro atoms. The maximum absolute atomic E-state index is 9.50. The molecule has 6 heteroatoms. The maximum atomic E-state index is 9.50. The molecule has 0 bridgehead atoms. The van der Waals surface area contributed by atoms with E-state index in [0.29, 0.717) is 6.04 Å². The van der Waals surface area contributed by atoms with Crippen LogP contribution in [0.15, 0.2) is 47.4 Å². The summed E-state index contributed by atoms with van der Waals surface area (Å²) in [5, 5.41) is 3.86. The van der Waals surface area contributed by atoms with Crippen molar-refractivity contribution in [3.63, 3.8) is 0 Å². The van der Waals surface area contributed by atoms with Crippen LogP contribution in [-0.4, -0.2) is 28.7 Å². The number of benzene rings is 2. The number of rotatable bonds is 7. The predicted octanol–water partition coefficient (Wildman–Crippen LogP) is 4.84. The number of hydrogen-bond acceptors (Lipinski definition) is 5. The van der Waals surface area contributed by atoms with Crippen molar-refractivity contribution in [2.75, 3.05) is 12.9 Å². The van der Waals surface area contributed by atoms with Gasteiger partial charge >= 0.3 is 0 Å². The first-order valence-corrected chi connectivity index (χ1v) is 11.8. The molecule has 0 fully saturated rings. The van der Waals surface area contributed by atoms with Gasteiger partial charge in [-0.15, -0.1) is 11.8 Å². The fourth-order valence-electron chi connectivity index (χ4n) is 3.54. The zero-order chi connectivity index (χ0) is 19.2. The molecule has 1 heterocycles. The summed E-state index contributed by atoms with van der Waals surface area (Å²) in [5.74, 6) is 1.73. The fraction of sp³-hybridized carbons (Fsp3) is 0.429. The molecular weight excluding hydrogens is 377 g/mol. The van der Waals surface area contributed by atoms with Gasteiger partial charge < -0.3 is 19.8 Å². The molecule has 2 atom stereocenters. The van der Waals surface area contributed by atoms with Gasteiger partial charge in [-0.3, -0.25) is 0 Å². The quantitative estimate of drug-likeness (QED) is 0.576. The highest BCUT2D eigenvalue weighted by atomic mass is 32.2. The van der Waals surface area contributed by atoms with E-state index in [1.165, 1.54) is 28.9 Å². The first-order chi connectivity index (χ1) is 13.1. The summed E-state index contributed by atoms with van der Waals surface area (Å²) in [4.78, 5) is 20.2. The van der Waals surface area contributed by atoms with E-state index in [1.807, 2.05) is 17.8 Å². The van der Waals surface area contributed by atoms with Gasteiger partial charge in [0.25, 0.3) is 0 Å². The predicted molar refractivity (Wildman–Crippen MR) is 114 cm³/mol. The summed E-state index contributed by atoms with van der Waals surface area (Å²) in [6, 6.07) is 15.2. The fourth-order valence-corrected chi connectivity index (χ4v) is 5.30. The van der Waals surface area contributed by atoms with Gasteiger partial charge in [0.2, 0.25) is 0 Å². The first kappa shape index (κ1) is 20.6. The number of methoxy groups -OCH3 is 1. The van der Waals surface area contributed by atoms with Crippen LogP contribution >= 0.6 is 20.1 Å². The van der Waals surface area contributed by atoms with Gasteiger partial charge in [-0.05, 0) is 29.7 Å². The molecule has 3 N–H and O–H groups in total. The molecule has 1 aliphatic heterocycles. The molecule has 0 saturated carbocycles. The lowest BCUT2D eigenvalue weighted by atomic mass is 9.96. The van der Waals surface area contributed by atoms with Gasteiger partial charge in [0.1, 0.15) is 5.75 Å². The number of ether oxygens (including phenoxy) is 1. The summed E-state index contributed by atoms with van der Waals surface area (Å²) in [6.45, 7) is 2.23. The van der Waals surface area contributed by atoms with Crippen molar-refractivity contribution in [3.05, 3.63) is 59.2 Å². The zero-order valence-corrected chi connectivity index (χ0v) is 17.6. The molecule has 27 heavy (non-hydrogen) atoms. The minimum Gasteiger partial charge on any atom is -0.496 e. The molecule has 4 nitrogen and oxygen atoms in total. The third kappa shape index (κ3) is 5.24. The van der Waals surface area contributed by atoms with Crippen LogP contribution < -0.4 is 10.1 Å². The van der Waals surface area contributed by atoms with E-state index in [2.05, 4.69) is 48.6 Å². The van der Waals surface area contributed by atoms with Gasteiger partial charge in [-0.25, -0.2) is 0 Å². The minimum absolute atomic E-state index is 0.103. The van der Waals surface area contributed by atoms with Crippen LogP contribution in [0, 0.1) is 0 Å². The highest BCUT2D eigenvalue weighted by molar-refractivity contribution is 7.99. The normalized spacial score (nSPS) is 19.6. The Labute approximate surface area is 167 Å². The lowest BCUT2D eigenvalue weighted by molar-refractivity contribution is 0.406.